The van der Waals surface area contributed by atoms with E-state index in [0.29, 0.717) is 0 Å². The predicted molar refractivity (Wildman–Crippen MR) is 138 cm³/mol. The predicted octanol–water partition coefficient (Wildman–Crippen LogP) is 2.08. The number of ether oxygens (including phenoxy) is 1. The molecule has 30 heavy (non-hydrogen) atoms. The molecule has 0 bridgehead atoms. The fraction of sp³-hybridized carbons (Fsp3) is 0.955. The van der Waals surface area contributed by atoms with Crippen LogP contribution in [0.15, 0.2) is 4.99 Å². The Balaban J connectivity index is 0.00000450. The topological polar surface area (TPSA) is 55.4 Å². The highest BCUT2D eigenvalue weighted by molar-refractivity contribution is 14.0. The van der Waals surface area contributed by atoms with Crippen LogP contribution < -0.4 is 10.6 Å². The van der Waals surface area contributed by atoms with E-state index in [1.807, 2.05) is 0 Å². The number of likely N-dealkylation sites (tertiary alicyclic amines) is 2. The van der Waals surface area contributed by atoms with Crippen LogP contribution in [0.1, 0.15) is 45.4 Å². The molecule has 2 saturated heterocycles. The van der Waals surface area contributed by atoms with Gasteiger partial charge in [-0.2, -0.15) is 0 Å². The van der Waals surface area contributed by atoms with Crippen LogP contribution in [0, 0.1) is 0 Å². The van der Waals surface area contributed by atoms with Gasteiger partial charge in [-0.15, -0.1) is 24.0 Å². The molecule has 0 saturated carbocycles. The second-order valence-corrected chi connectivity index (χ2v) is 8.85. The molecule has 0 unspecified atom stereocenters. The zero-order valence-corrected chi connectivity index (χ0v) is 22.2. The maximum absolute atomic E-state index is 5.14. The summed E-state index contributed by atoms with van der Waals surface area (Å²) in [4.78, 5) is 12.7. The molecule has 0 amide bonds. The van der Waals surface area contributed by atoms with Crippen molar-refractivity contribution in [2.75, 3.05) is 86.7 Å². The SMILES string of the molecule is CCNC(=NCC1(N2CCCCC2)CCN(C)CC1)NCCN(C)CCCOC.I. The summed E-state index contributed by atoms with van der Waals surface area (Å²) in [6.07, 6.45) is 7.61. The summed E-state index contributed by atoms with van der Waals surface area (Å²) in [5.41, 5.74) is 0.242. The Morgan fingerprint density at radius 2 is 1.77 bits per heavy atom. The van der Waals surface area contributed by atoms with E-state index in [1.165, 1.54) is 58.3 Å². The summed E-state index contributed by atoms with van der Waals surface area (Å²) in [6, 6.07) is 0. The number of hydrogen-bond donors (Lipinski definition) is 2. The molecule has 0 aliphatic carbocycles. The Morgan fingerprint density at radius 1 is 1.07 bits per heavy atom. The van der Waals surface area contributed by atoms with Gasteiger partial charge in [0.1, 0.15) is 0 Å². The first-order chi connectivity index (χ1) is 14.1. The van der Waals surface area contributed by atoms with E-state index in [4.69, 9.17) is 9.73 Å². The van der Waals surface area contributed by atoms with Crippen LogP contribution in [0.3, 0.4) is 0 Å². The highest BCUT2D eigenvalue weighted by Gasteiger charge is 2.39. The third-order valence-corrected chi connectivity index (χ3v) is 6.49. The minimum atomic E-state index is 0. The summed E-state index contributed by atoms with van der Waals surface area (Å²) in [6.45, 7) is 12.6. The lowest BCUT2D eigenvalue weighted by atomic mass is 9.84. The lowest BCUT2D eigenvalue weighted by Crippen LogP contribution is -2.58. The van der Waals surface area contributed by atoms with Crippen molar-refractivity contribution in [2.45, 2.75) is 51.0 Å². The van der Waals surface area contributed by atoms with Crippen molar-refractivity contribution in [3.63, 3.8) is 0 Å². The number of likely N-dealkylation sites (N-methyl/N-ethyl adjacent to an activating group) is 1. The molecule has 2 rings (SSSR count). The quantitative estimate of drug-likeness (QED) is 0.182. The molecule has 178 valence electrons. The highest BCUT2D eigenvalue weighted by Crippen LogP contribution is 2.31. The molecular formula is C22H47IN6O. The zero-order chi connectivity index (χ0) is 21.0. The van der Waals surface area contributed by atoms with E-state index in [-0.39, 0.29) is 29.5 Å². The largest absolute Gasteiger partial charge is 0.385 e. The third kappa shape index (κ3) is 9.54. The van der Waals surface area contributed by atoms with Crippen LogP contribution in [0.4, 0.5) is 0 Å². The van der Waals surface area contributed by atoms with Gasteiger partial charge in [0.25, 0.3) is 0 Å². The van der Waals surface area contributed by atoms with Gasteiger partial charge in [0.2, 0.25) is 0 Å². The Morgan fingerprint density at radius 3 is 2.40 bits per heavy atom. The molecule has 2 N–H and O–H groups in total. The van der Waals surface area contributed by atoms with Crippen LogP contribution >= 0.6 is 24.0 Å². The van der Waals surface area contributed by atoms with Gasteiger partial charge in [0, 0.05) is 45.4 Å². The molecule has 0 radical (unpaired) electrons. The van der Waals surface area contributed by atoms with E-state index in [2.05, 4.69) is 46.4 Å². The summed E-state index contributed by atoms with van der Waals surface area (Å²) in [5.74, 6) is 0.966. The van der Waals surface area contributed by atoms with Gasteiger partial charge in [0.05, 0.1) is 6.54 Å². The van der Waals surface area contributed by atoms with Crippen LogP contribution in [0.25, 0.3) is 0 Å². The molecule has 7 nitrogen and oxygen atoms in total. The molecule has 2 heterocycles. The second-order valence-electron chi connectivity index (χ2n) is 8.85. The Hall–Kier alpha value is -0.160. The first kappa shape index (κ1) is 27.9. The van der Waals surface area contributed by atoms with Crippen LogP contribution in [-0.2, 0) is 4.74 Å². The molecule has 2 fully saturated rings. The minimum Gasteiger partial charge on any atom is -0.385 e. The minimum absolute atomic E-state index is 0. The number of rotatable bonds is 11. The van der Waals surface area contributed by atoms with Crippen LogP contribution in [0.5, 0.6) is 0 Å². The van der Waals surface area contributed by atoms with Crippen molar-refractivity contribution < 1.29 is 4.74 Å². The van der Waals surface area contributed by atoms with Gasteiger partial charge in [-0.3, -0.25) is 9.89 Å². The second kappa shape index (κ2) is 15.6. The standard InChI is InChI=1S/C22H46N6O.HI/c1-5-23-21(24-12-18-26(2)13-9-19-29-4)25-20-22(10-16-27(3)17-11-22)28-14-7-6-8-15-28;/h5-20H2,1-4H3,(H2,23,24,25);1H. The average molecular weight is 539 g/mol. The van der Waals surface area contributed by atoms with Gasteiger partial charge in [0.15, 0.2) is 5.96 Å². The summed E-state index contributed by atoms with van der Waals surface area (Å²) >= 11 is 0. The summed E-state index contributed by atoms with van der Waals surface area (Å²) < 4.78 is 5.14. The van der Waals surface area contributed by atoms with Crippen molar-refractivity contribution in [3.8, 4) is 0 Å². The molecule has 0 spiro atoms. The van der Waals surface area contributed by atoms with Gasteiger partial charge < -0.3 is 25.2 Å². The first-order valence-corrected chi connectivity index (χ1v) is 11.7. The molecule has 2 aliphatic heterocycles. The Kier molecular flexibility index (Phi) is 14.5. The molecule has 0 atom stereocenters. The van der Waals surface area contributed by atoms with Gasteiger partial charge in [-0.25, -0.2) is 0 Å². The molecule has 8 heteroatoms. The number of guanidine groups is 1. The molecule has 0 aromatic carbocycles. The number of methoxy groups -OCH3 is 1. The van der Waals surface area contributed by atoms with E-state index < -0.39 is 0 Å². The van der Waals surface area contributed by atoms with Crippen molar-refractivity contribution in [1.82, 2.24) is 25.3 Å². The van der Waals surface area contributed by atoms with Gasteiger partial charge in [-0.05, 0) is 79.3 Å². The van der Waals surface area contributed by atoms with Crippen molar-refractivity contribution in [2.24, 2.45) is 4.99 Å². The van der Waals surface area contributed by atoms with E-state index >= 15 is 0 Å². The number of nitrogens with one attached hydrogen (secondary N) is 2. The Labute approximate surface area is 202 Å². The molecule has 0 aromatic rings. The number of nitrogens with zero attached hydrogens (tertiary/aromatic N) is 4. The average Bonchev–Trinajstić information content (AvgIpc) is 2.74. The number of halogens is 1. The smallest absolute Gasteiger partial charge is 0.191 e. The molecule has 0 aromatic heterocycles. The van der Waals surface area contributed by atoms with Crippen molar-refractivity contribution in [1.29, 1.82) is 0 Å². The van der Waals surface area contributed by atoms with Gasteiger partial charge in [-0.1, -0.05) is 6.42 Å². The highest BCUT2D eigenvalue weighted by atomic mass is 127. The third-order valence-electron chi connectivity index (χ3n) is 6.49. The molecule has 2 aliphatic rings. The fourth-order valence-electron chi connectivity index (χ4n) is 4.50. The zero-order valence-electron chi connectivity index (χ0n) is 19.9. The van der Waals surface area contributed by atoms with Crippen molar-refractivity contribution >= 4 is 29.9 Å². The van der Waals surface area contributed by atoms with E-state index in [1.54, 1.807) is 7.11 Å². The normalized spacial score (nSPS) is 20.8. The number of piperidine rings is 2. The summed E-state index contributed by atoms with van der Waals surface area (Å²) in [5, 5.41) is 7.00. The maximum atomic E-state index is 5.14. The monoisotopic (exact) mass is 538 g/mol. The molecular weight excluding hydrogens is 491 g/mol. The lowest BCUT2D eigenvalue weighted by Gasteiger charge is -2.49. The Bertz CT molecular complexity index is 465. The van der Waals surface area contributed by atoms with E-state index in [9.17, 15) is 0 Å². The maximum Gasteiger partial charge on any atom is 0.191 e. The van der Waals surface area contributed by atoms with Crippen molar-refractivity contribution in [3.05, 3.63) is 0 Å². The summed E-state index contributed by atoms with van der Waals surface area (Å²) in [7, 11) is 6.19. The fourth-order valence-corrected chi connectivity index (χ4v) is 4.50. The van der Waals surface area contributed by atoms with Crippen LogP contribution in [-0.4, -0.2) is 113 Å². The lowest BCUT2D eigenvalue weighted by molar-refractivity contribution is 0.0208. The van der Waals surface area contributed by atoms with E-state index in [0.717, 1.165) is 51.7 Å². The number of hydrogen-bond acceptors (Lipinski definition) is 5. The first-order valence-electron chi connectivity index (χ1n) is 11.7. The number of aliphatic imine (C=N–C) groups is 1. The van der Waals surface area contributed by atoms with Gasteiger partial charge >= 0.3 is 0 Å². The van der Waals surface area contributed by atoms with Crippen LogP contribution in [0.2, 0.25) is 0 Å².